The second kappa shape index (κ2) is 6.59. The zero-order chi connectivity index (χ0) is 15.4. The smallest absolute Gasteiger partial charge is 0.344 e. The van der Waals surface area contributed by atoms with Crippen molar-refractivity contribution in [3.05, 3.63) is 42.0 Å². The van der Waals surface area contributed by atoms with Gasteiger partial charge in [0.1, 0.15) is 5.75 Å². The number of benzene rings is 2. The number of aliphatic carboxylic acids is 1. The molecule has 0 heterocycles. The Balaban J connectivity index is 2.57. The van der Waals surface area contributed by atoms with E-state index in [1.165, 1.54) is 0 Å². The number of carboxylic acid groups (broad SMARTS) is 1. The van der Waals surface area contributed by atoms with Gasteiger partial charge in [-0.15, -0.1) is 0 Å². The third-order valence-electron chi connectivity index (χ3n) is 3.72. The molecule has 0 spiro atoms. The number of hydrogen-bond donors (Lipinski definition) is 2. The average Bonchev–Trinajstić information content (AvgIpc) is 2.51. The van der Waals surface area contributed by atoms with Gasteiger partial charge in [-0.05, 0) is 25.8 Å². The van der Waals surface area contributed by atoms with Crippen molar-refractivity contribution in [2.45, 2.75) is 32.4 Å². The van der Waals surface area contributed by atoms with Crippen LogP contribution in [0.3, 0.4) is 0 Å². The van der Waals surface area contributed by atoms with E-state index in [4.69, 9.17) is 4.74 Å². The molecule has 0 aromatic heterocycles. The van der Waals surface area contributed by atoms with Crippen LogP contribution in [0, 0.1) is 0 Å². The summed E-state index contributed by atoms with van der Waals surface area (Å²) in [6, 6.07) is 12.0. The number of carbonyl (C=O) groups is 1. The van der Waals surface area contributed by atoms with E-state index in [0.29, 0.717) is 12.2 Å². The molecule has 0 radical (unpaired) electrons. The Kier molecular flexibility index (Phi) is 4.81. The summed E-state index contributed by atoms with van der Waals surface area (Å²) in [5.74, 6) is -0.280. The molecule has 0 fully saturated rings. The summed E-state index contributed by atoms with van der Waals surface area (Å²) in [5, 5.41) is 14.4. The summed E-state index contributed by atoms with van der Waals surface area (Å²) in [5.41, 5.74) is 0.968. The predicted molar refractivity (Wildman–Crippen MR) is 83.8 cm³/mol. The zero-order valence-corrected chi connectivity index (χ0v) is 12.6. The van der Waals surface area contributed by atoms with Crippen LogP contribution in [0.1, 0.15) is 31.9 Å². The summed E-state index contributed by atoms with van der Waals surface area (Å²) < 4.78 is 5.85. The fourth-order valence-electron chi connectivity index (χ4n) is 2.34. The molecule has 0 aliphatic heterocycles. The summed E-state index contributed by atoms with van der Waals surface area (Å²) in [6.07, 6.45) is -0.412. The molecule has 2 unspecified atom stereocenters. The monoisotopic (exact) mass is 287 g/mol. The molecule has 112 valence electrons. The van der Waals surface area contributed by atoms with E-state index in [-0.39, 0.29) is 6.04 Å². The Hall–Kier alpha value is -2.07. The molecule has 2 rings (SSSR count). The maximum atomic E-state index is 11.3. The molecule has 0 bridgehead atoms. The summed E-state index contributed by atoms with van der Waals surface area (Å²) in [4.78, 5) is 11.3. The minimum Gasteiger partial charge on any atom is -0.479 e. The Morgan fingerprint density at radius 1 is 1.29 bits per heavy atom. The minimum absolute atomic E-state index is 0.0795. The summed E-state index contributed by atoms with van der Waals surface area (Å²) >= 11 is 0. The van der Waals surface area contributed by atoms with Crippen LogP contribution in [0.5, 0.6) is 5.75 Å². The van der Waals surface area contributed by atoms with Crippen molar-refractivity contribution in [3.8, 4) is 5.75 Å². The number of fused-ring (bicyclic) bond motifs is 1. The number of rotatable bonds is 6. The van der Waals surface area contributed by atoms with Crippen LogP contribution in [0.15, 0.2) is 36.4 Å². The minimum atomic E-state index is -0.937. The van der Waals surface area contributed by atoms with Gasteiger partial charge < -0.3 is 15.2 Å². The fraction of sp³-hybridized carbons (Fsp3) is 0.353. The predicted octanol–water partition coefficient (Wildman–Crippen LogP) is 3.36. The molecule has 2 atom stereocenters. The van der Waals surface area contributed by atoms with Gasteiger partial charge in [-0.2, -0.15) is 0 Å². The Morgan fingerprint density at radius 2 is 2.00 bits per heavy atom. The van der Waals surface area contributed by atoms with Crippen molar-refractivity contribution in [2.24, 2.45) is 0 Å². The Morgan fingerprint density at radius 3 is 2.62 bits per heavy atom. The fourth-order valence-corrected chi connectivity index (χ4v) is 2.34. The maximum Gasteiger partial charge on any atom is 0.344 e. The standard InChI is InChI=1S/C17H21NO3/c1-4-15(17(19)20)21-16-13(11(2)18-3)10-9-12-7-5-6-8-14(12)16/h5-11,15,18H,4H2,1-3H3,(H,19,20). The molecule has 2 N–H and O–H groups in total. The third kappa shape index (κ3) is 3.16. The highest BCUT2D eigenvalue weighted by Gasteiger charge is 2.21. The number of carboxylic acids is 1. The highest BCUT2D eigenvalue weighted by molar-refractivity contribution is 5.90. The van der Waals surface area contributed by atoms with Gasteiger partial charge >= 0.3 is 5.97 Å². The second-order valence-electron chi connectivity index (χ2n) is 5.07. The topological polar surface area (TPSA) is 58.6 Å². The van der Waals surface area contributed by atoms with E-state index < -0.39 is 12.1 Å². The van der Waals surface area contributed by atoms with Crippen molar-refractivity contribution in [1.82, 2.24) is 5.32 Å². The van der Waals surface area contributed by atoms with E-state index in [1.807, 2.05) is 57.3 Å². The van der Waals surface area contributed by atoms with Crippen LogP contribution in [-0.2, 0) is 4.79 Å². The van der Waals surface area contributed by atoms with Crippen molar-refractivity contribution in [2.75, 3.05) is 7.05 Å². The van der Waals surface area contributed by atoms with Gasteiger partial charge in [-0.1, -0.05) is 43.3 Å². The Bertz CT molecular complexity index is 639. The van der Waals surface area contributed by atoms with Gasteiger partial charge in [0.05, 0.1) is 0 Å². The molecule has 4 heteroatoms. The first-order valence-corrected chi connectivity index (χ1v) is 7.16. The van der Waals surface area contributed by atoms with Crippen LogP contribution < -0.4 is 10.1 Å². The van der Waals surface area contributed by atoms with E-state index in [2.05, 4.69) is 5.32 Å². The summed E-state index contributed by atoms with van der Waals surface area (Å²) in [6.45, 7) is 3.84. The molecule has 2 aromatic rings. The normalized spacial score (nSPS) is 13.9. The molecule has 0 aliphatic rings. The first-order valence-electron chi connectivity index (χ1n) is 7.16. The molecule has 2 aromatic carbocycles. The second-order valence-corrected chi connectivity index (χ2v) is 5.07. The summed E-state index contributed by atoms with van der Waals surface area (Å²) in [7, 11) is 1.87. The van der Waals surface area contributed by atoms with Gasteiger partial charge in [-0.3, -0.25) is 0 Å². The number of nitrogens with one attached hydrogen (secondary N) is 1. The lowest BCUT2D eigenvalue weighted by molar-refractivity contribution is -0.145. The van der Waals surface area contributed by atoms with Crippen LogP contribution in [-0.4, -0.2) is 24.2 Å². The van der Waals surface area contributed by atoms with Crippen molar-refractivity contribution < 1.29 is 14.6 Å². The van der Waals surface area contributed by atoms with Gasteiger partial charge in [0.25, 0.3) is 0 Å². The van der Waals surface area contributed by atoms with E-state index in [0.717, 1.165) is 16.3 Å². The molecule has 21 heavy (non-hydrogen) atoms. The number of hydrogen-bond acceptors (Lipinski definition) is 3. The lowest BCUT2D eigenvalue weighted by Crippen LogP contribution is -2.27. The maximum absolute atomic E-state index is 11.3. The lowest BCUT2D eigenvalue weighted by Gasteiger charge is -2.21. The van der Waals surface area contributed by atoms with Gasteiger partial charge in [0, 0.05) is 17.0 Å². The van der Waals surface area contributed by atoms with E-state index in [9.17, 15) is 9.90 Å². The molecule has 4 nitrogen and oxygen atoms in total. The molecule has 0 saturated carbocycles. The first kappa shape index (κ1) is 15.3. The van der Waals surface area contributed by atoms with Gasteiger partial charge in [-0.25, -0.2) is 4.79 Å². The van der Waals surface area contributed by atoms with Gasteiger partial charge in [0.15, 0.2) is 6.10 Å². The van der Waals surface area contributed by atoms with Crippen LogP contribution in [0.25, 0.3) is 10.8 Å². The quantitative estimate of drug-likeness (QED) is 0.855. The van der Waals surface area contributed by atoms with E-state index in [1.54, 1.807) is 0 Å². The van der Waals surface area contributed by atoms with Crippen LogP contribution >= 0.6 is 0 Å². The van der Waals surface area contributed by atoms with E-state index >= 15 is 0 Å². The van der Waals surface area contributed by atoms with Crippen molar-refractivity contribution in [1.29, 1.82) is 0 Å². The largest absolute Gasteiger partial charge is 0.479 e. The van der Waals surface area contributed by atoms with Crippen LogP contribution in [0.4, 0.5) is 0 Å². The first-order chi connectivity index (χ1) is 10.1. The van der Waals surface area contributed by atoms with Crippen LogP contribution in [0.2, 0.25) is 0 Å². The molecular weight excluding hydrogens is 266 g/mol. The van der Waals surface area contributed by atoms with Crippen molar-refractivity contribution >= 4 is 16.7 Å². The molecular formula is C17H21NO3. The lowest BCUT2D eigenvalue weighted by atomic mass is 10.0. The zero-order valence-electron chi connectivity index (χ0n) is 12.6. The molecule has 0 aliphatic carbocycles. The molecule has 0 saturated heterocycles. The SMILES string of the molecule is CCC(Oc1c(C(C)NC)ccc2ccccc12)C(=O)O. The third-order valence-corrected chi connectivity index (χ3v) is 3.72. The highest BCUT2D eigenvalue weighted by Crippen LogP contribution is 2.34. The number of ether oxygens (including phenoxy) is 1. The highest BCUT2D eigenvalue weighted by atomic mass is 16.5. The van der Waals surface area contributed by atoms with Gasteiger partial charge in [0.2, 0.25) is 0 Å². The molecule has 0 amide bonds. The van der Waals surface area contributed by atoms with Crippen molar-refractivity contribution in [3.63, 3.8) is 0 Å². The Labute approximate surface area is 124 Å². The average molecular weight is 287 g/mol.